The van der Waals surface area contributed by atoms with Crippen LogP contribution in [0.2, 0.25) is 0 Å². The van der Waals surface area contributed by atoms with Gasteiger partial charge < -0.3 is 11.1 Å². The highest BCUT2D eigenvalue weighted by Gasteiger charge is 2.30. The van der Waals surface area contributed by atoms with Gasteiger partial charge >= 0.3 is 0 Å². The predicted molar refractivity (Wildman–Crippen MR) is 63.7 cm³/mol. The van der Waals surface area contributed by atoms with E-state index in [-0.39, 0.29) is 0 Å². The van der Waals surface area contributed by atoms with Gasteiger partial charge in [0.25, 0.3) is 0 Å². The number of hydrogen-bond acceptors (Lipinski definition) is 3. The summed E-state index contributed by atoms with van der Waals surface area (Å²) in [4.78, 5) is 4.08. The van der Waals surface area contributed by atoms with E-state index in [0.717, 1.165) is 11.4 Å². The van der Waals surface area contributed by atoms with Crippen molar-refractivity contribution < 1.29 is 0 Å². The van der Waals surface area contributed by atoms with E-state index in [1.165, 1.54) is 19.3 Å². The topological polar surface area (TPSA) is 50.9 Å². The molecule has 1 aliphatic rings. The summed E-state index contributed by atoms with van der Waals surface area (Å²) in [5.74, 6) is 0. The van der Waals surface area contributed by atoms with E-state index in [2.05, 4.69) is 24.1 Å². The first-order valence-corrected chi connectivity index (χ1v) is 5.52. The van der Waals surface area contributed by atoms with Crippen LogP contribution in [0.4, 0.5) is 11.4 Å². The van der Waals surface area contributed by atoms with Gasteiger partial charge in [0.15, 0.2) is 0 Å². The molecule has 0 radical (unpaired) electrons. The van der Waals surface area contributed by atoms with Gasteiger partial charge in [-0.1, -0.05) is 13.8 Å². The monoisotopic (exact) mass is 205 g/mol. The molecule has 0 aromatic carbocycles. The molecule has 1 atom stereocenters. The number of pyridine rings is 1. The van der Waals surface area contributed by atoms with E-state index < -0.39 is 0 Å². The number of hydrogen-bond donors (Lipinski definition) is 2. The molecule has 15 heavy (non-hydrogen) atoms. The van der Waals surface area contributed by atoms with Crippen molar-refractivity contribution in [2.45, 2.75) is 39.2 Å². The lowest BCUT2D eigenvalue weighted by molar-refractivity contribution is 0.378. The van der Waals surface area contributed by atoms with Crippen molar-refractivity contribution in [3.63, 3.8) is 0 Å². The molecule has 3 N–H and O–H groups in total. The van der Waals surface area contributed by atoms with Crippen LogP contribution in [0.25, 0.3) is 0 Å². The maximum atomic E-state index is 5.68. The number of nitrogen functional groups attached to an aromatic ring is 1. The van der Waals surface area contributed by atoms with E-state index in [1.54, 1.807) is 6.20 Å². The SMILES string of the molecule is CC1(C)CCC(Nc2cncc(N)c2)C1. The first kappa shape index (κ1) is 10.3. The highest BCUT2D eigenvalue weighted by atomic mass is 14.9. The van der Waals surface area contributed by atoms with Crippen LogP contribution in [0, 0.1) is 5.41 Å². The summed E-state index contributed by atoms with van der Waals surface area (Å²) >= 11 is 0. The Bertz CT molecular complexity index is 346. The molecule has 0 aliphatic heterocycles. The van der Waals surface area contributed by atoms with Crippen LogP contribution in [-0.4, -0.2) is 11.0 Å². The largest absolute Gasteiger partial charge is 0.397 e. The highest BCUT2D eigenvalue weighted by molar-refractivity contribution is 5.51. The average molecular weight is 205 g/mol. The minimum atomic E-state index is 0.478. The first-order valence-electron chi connectivity index (χ1n) is 5.52. The molecule has 3 nitrogen and oxygen atoms in total. The molecule has 1 aromatic rings. The molecule has 0 spiro atoms. The molecule has 0 saturated heterocycles. The molecule has 1 saturated carbocycles. The Morgan fingerprint density at radius 1 is 1.47 bits per heavy atom. The van der Waals surface area contributed by atoms with Crippen molar-refractivity contribution in [2.24, 2.45) is 5.41 Å². The Balaban J connectivity index is 1.99. The fraction of sp³-hybridized carbons (Fsp3) is 0.583. The van der Waals surface area contributed by atoms with Crippen molar-refractivity contribution >= 4 is 11.4 Å². The van der Waals surface area contributed by atoms with Crippen molar-refractivity contribution in [1.82, 2.24) is 4.98 Å². The van der Waals surface area contributed by atoms with E-state index in [9.17, 15) is 0 Å². The summed E-state index contributed by atoms with van der Waals surface area (Å²) in [6, 6.07) is 2.52. The Hall–Kier alpha value is -1.25. The normalized spacial score (nSPS) is 24.0. The van der Waals surface area contributed by atoms with Gasteiger partial charge in [-0.2, -0.15) is 0 Å². The fourth-order valence-electron chi connectivity index (χ4n) is 2.33. The molecule has 1 heterocycles. The maximum Gasteiger partial charge on any atom is 0.0549 e. The second kappa shape index (κ2) is 3.72. The zero-order valence-corrected chi connectivity index (χ0v) is 9.46. The molecule has 3 heteroatoms. The third-order valence-corrected chi connectivity index (χ3v) is 3.10. The lowest BCUT2D eigenvalue weighted by Crippen LogP contribution is -2.17. The smallest absolute Gasteiger partial charge is 0.0549 e. The summed E-state index contributed by atoms with van der Waals surface area (Å²) in [7, 11) is 0. The number of nitrogens with two attached hydrogens (primary N) is 1. The number of anilines is 2. The summed E-state index contributed by atoms with van der Waals surface area (Å²) in [5.41, 5.74) is 7.92. The second-order valence-electron chi connectivity index (χ2n) is 5.26. The van der Waals surface area contributed by atoms with Crippen molar-refractivity contribution in [1.29, 1.82) is 0 Å². The lowest BCUT2D eigenvalue weighted by Gasteiger charge is -2.18. The Morgan fingerprint density at radius 2 is 2.27 bits per heavy atom. The van der Waals surface area contributed by atoms with E-state index in [0.29, 0.717) is 11.5 Å². The van der Waals surface area contributed by atoms with Crippen LogP contribution >= 0.6 is 0 Å². The minimum absolute atomic E-state index is 0.478. The molecule has 82 valence electrons. The molecule has 0 bridgehead atoms. The van der Waals surface area contributed by atoms with Gasteiger partial charge in [-0.05, 0) is 30.7 Å². The Labute approximate surface area is 91.1 Å². The predicted octanol–water partition coefficient (Wildman–Crippen LogP) is 2.65. The molecule has 1 fully saturated rings. The summed E-state index contributed by atoms with van der Waals surface area (Å²) in [6.45, 7) is 4.65. The second-order valence-corrected chi connectivity index (χ2v) is 5.26. The molecule has 0 amide bonds. The highest BCUT2D eigenvalue weighted by Crippen LogP contribution is 2.38. The fourth-order valence-corrected chi connectivity index (χ4v) is 2.33. The number of aromatic nitrogens is 1. The van der Waals surface area contributed by atoms with Gasteiger partial charge in [0, 0.05) is 12.2 Å². The van der Waals surface area contributed by atoms with Crippen molar-refractivity contribution in [3.05, 3.63) is 18.5 Å². The van der Waals surface area contributed by atoms with Crippen molar-refractivity contribution in [3.8, 4) is 0 Å². The number of nitrogens with one attached hydrogen (secondary N) is 1. The Kier molecular flexibility index (Phi) is 2.55. The van der Waals surface area contributed by atoms with Crippen LogP contribution in [0.1, 0.15) is 33.1 Å². The number of nitrogens with zero attached hydrogens (tertiary/aromatic N) is 1. The van der Waals surface area contributed by atoms with Gasteiger partial charge in [0.05, 0.1) is 17.6 Å². The van der Waals surface area contributed by atoms with Crippen LogP contribution < -0.4 is 11.1 Å². The third-order valence-electron chi connectivity index (χ3n) is 3.10. The van der Waals surface area contributed by atoms with Crippen LogP contribution in [0.15, 0.2) is 18.5 Å². The average Bonchev–Trinajstić information content (AvgIpc) is 2.45. The van der Waals surface area contributed by atoms with Gasteiger partial charge in [0.1, 0.15) is 0 Å². The molecule has 1 unspecified atom stereocenters. The standard InChI is InChI=1S/C12H19N3/c1-12(2)4-3-10(6-12)15-11-5-9(13)7-14-8-11/h5,7-8,10,15H,3-4,6,13H2,1-2H3. The molecular weight excluding hydrogens is 186 g/mol. The zero-order chi connectivity index (χ0) is 10.9. The summed E-state index contributed by atoms with van der Waals surface area (Å²) in [6.07, 6.45) is 7.26. The molecular formula is C12H19N3. The Morgan fingerprint density at radius 3 is 2.87 bits per heavy atom. The van der Waals surface area contributed by atoms with E-state index in [4.69, 9.17) is 5.73 Å². The van der Waals surface area contributed by atoms with E-state index >= 15 is 0 Å². The zero-order valence-electron chi connectivity index (χ0n) is 9.46. The van der Waals surface area contributed by atoms with Crippen LogP contribution in [0.5, 0.6) is 0 Å². The molecule has 2 rings (SSSR count). The molecule has 1 aromatic heterocycles. The maximum absolute atomic E-state index is 5.68. The lowest BCUT2D eigenvalue weighted by atomic mass is 9.92. The minimum Gasteiger partial charge on any atom is -0.397 e. The third kappa shape index (κ3) is 2.61. The summed E-state index contributed by atoms with van der Waals surface area (Å²) in [5, 5.41) is 3.49. The van der Waals surface area contributed by atoms with E-state index in [1.807, 2.05) is 12.3 Å². The van der Waals surface area contributed by atoms with Gasteiger partial charge in [0.2, 0.25) is 0 Å². The van der Waals surface area contributed by atoms with Crippen molar-refractivity contribution in [2.75, 3.05) is 11.1 Å². The van der Waals surface area contributed by atoms with Gasteiger partial charge in [-0.15, -0.1) is 0 Å². The van der Waals surface area contributed by atoms with Crippen LogP contribution in [0.3, 0.4) is 0 Å². The quantitative estimate of drug-likeness (QED) is 0.780. The van der Waals surface area contributed by atoms with Gasteiger partial charge in [-0.25, -0.2) is 0 Å². The summed E-state index contributed by atoms with van der Waals surface area (Å²) < 4.78 is 0. The molecule has 1 aliphatic carbocycles. The number of rotatable bonds is 2. The van der Waals surface area contributed by atoms with Gasteiger partial charge in [-0.3, -0.25) is 4.98 Å². The van der Waals surface area contributed by atoms with Crippen LogP contribution in [-0.2, 0) is 0 Å². The first-order chi connectivity index (χ1) is 7.05.